The molecular weight excluding hydrogens is 378 g/mol. The van der Waals surface area contributed by atoms with Crippen LogP contribution in [0.4, 0.5) is 5.69 Å². The highest BCUT2D eigenvalue weighted by atomic mass is 32.2. The molecule has 8 heteroatoms. The molecule has 0 saturated heterocycles. The minimum absolute atomic E-state index is 0.0388. The number of primary sulfonamides is 1. The molecule has 7 nitrogen and oxygen atoms in total. The molecule has 0 atom stereocenters. The summed E-state index contributed by atoms with van der Waals surface area (Å²) in [6.45, 7) is 1.88. The van der Waals surface area contributed by atoms with Crippen LogP contribution in [0.3, 0.4) is 0 Å². The monoisotopic (exact) mass is 395 g/mol. The highest BCUT2D eigenvalue weighted by Gasteiger charge is 2.28. The average Bonchev–Trinajstić information content (AvgIpc) is 2.94. The first kappa shape index (κ1) is 19.4. The summed E-state index contributed by atoms with van der Waals surface area (Å²) in [5.41, 5.74) is 2.16. The Balaban J connectivity index is 1.87. The SMILES string of the molecule is C#CCOc1cccc(/C=C2\C(=O)N(c3ccc(S(N)(=O)=O)cc3)N=C2C)c1. The predicted octanol–water partition coefficient (Wildman–Crippen LogP) is 2.15. The molecule has 1 aliphatic heterocycles. The van der Waals surface area contributed by atoms with Crippen LogP contribution < -0.4 is 14.9 Å². The van der Waals surface area contributed by atoms with E-state index in [1.54, 1.807) is 31.2 Å². The number of carbonyl (C=O) groups is 1. The smallest absolute Gasteiger partial charge is 0.280 e. The van der Waals surface area contributed by atoms with Gasteiger partial charge in [0.15, 0.2) is 0 Å². The molecule has 1 heterocycles. The van der Waals surface area contributed by atoms with Crippen molar-refractivity contribution in [2.75, 3.05) is 11.6 Å². The summed E-state index contributed by atoms with van der Waals surface area (Å²) in [6, 6.07) is 12.8. The molecule has 3 rings (SSSR count). The molecule has 28 heavy (non-hydrogen) atoms. The fraction of sp³-hybridized carbons (Fsp3) is 0.100. The van der Waals surface area contributed by atoms with Gasteiger partial charge in [0.1, 0.15) is 12.4 Å². The van der Waals surface area contributed by atoms with Crippen LogP contribution in [0.25, 0.3) is 6.08 Å². The standard InChI is InChI=1S/C20H17N3O4S/c1-3-11-27-17-6-4-5-15(12-17)13-19-14(2)22-23(20(19)24)16-7-9-18(10-8-16)28(21,25)26/h1,4-10,12-13H,11H2,2H3,(H2,21,25,26)/b19-13-. The first-order valence-electron chi connectivity index (χ1n) is 8.20. The lowest BCUT2D eigenvalue weighted by atomic mass is 10.1. The Morgan fingerprint density at radius 2 is 1.96 bits per heavy atom. The zero-order valence-electron chi connectivity index (χ0n) is 15.0. The third-order valence-electron chi connectivity index (χ3n) is 3.96. The van der Waals surface area contributed by atoms with Crippen molar-refractivity contribution in [1.29, 1.82) is 0 Å². The summed E-state index contributed by atoms with van der Waals surface area (Å²) in [5, 5.41) is 10.6. The van der Waals surface area contributed by atoms with E-state index in [0.717, 1.165) is 5.56 Å². The van der Waals surface area contributed by atoms with E-state index in [9.17, 15) is 13.2 Å². The maximum Gasteiger partial charge on any atom is 0.280 e. The highest BCUT2D eigenvalue weighted by Crippen LogP contribution is 2.26. The number of anilines is 1. The maximum atomic E-state index is 12.8. The van der Waals surface area contributed by atoms with Crippen LogP contribution in [-0.2, 0) is 14.8 Å². The first-order valence-corrected chi connectivity index (χ1v) is 9.75. The minimum Gasteiger partial charge on any atom is -0.481 e. The molecule has 142 valence electrons. The van der Waals surface area contributed by atoms with Crippen LogP contribution in [0, 0.1) is 12.3 Å². The fourth-order valence-electron chi connectivity index (χ4n) is 2.62. The molecule has 0 aromatic heterocycles. The molecule has 2 aromatic carbocycles. The van der Waals surface area contributed by atoms with Gasteiger partial charge in [0.05, 0.1) is 21.9 Å². The van der Waals surface area contributed by atoms with E-state index in [4.69, 9.17) is 16.3 Å². The topological polar surface area (TPSA) is 102 Å². The van der Waals surface area contributed by atoms with Gasteiger partial charge in [-0.25, -0.2) is 13.6 Å². The second kappa shape index (κ2) is 7.68. The largest absolute Gasteiger partial charge is 0.481 e. The third-order valence-corrected chi connectivity index (χ3v) is 4.89. The summed E-state index contributed by atoms with van der Waals surface area (Å²) in [5.74, 6) is 2.67. The van der Waals surface area contributed by atoms with Crippen molar-refractivity contribution in [2.45, 2.75) is 11.8 Å². The number of nitrogens with two attached hydrogens (primary N) is 1. The number of carbonyl (C=O) groups excluding carboxylic acids is 1. The zero-order valence-corrected chi connectivity index (χ0v) is 15.8. The molecule has 0 saturated carbocycles. The predicted molar refractivity (Wildman–Crippen MR) is 107 cm³/mol. The fourth-order valence-corrected chi connectivity index (χ4v) is 3.14. The number of ether oxygens (including phenoxy) is 1. The van der Waals surface area contributed by atoms with E-state index in [1.165, 1.54) is 29.3 Å². The van der Waals surface area contributed by atoms with Crippen LogP contribution in [0.5, 0.6) is 5.75 Å². The number of hydrogen-bond donors (Lipinski definition) is 1. The van der Waals surface area contributed by atoms with Crippen molar-refractivity contribution in [3.8, 4) is 18.1 Å². The molecule has 2 aromatic rings. The van der Waals surface area contributed by atoms with Crippen molar-refractivity contribution in [1.82, 2.24) is 0 Å². The summed E-state index contributed by atoms with van der Waals surface area (Å²) in [4.78, 5) is 12.8. The zero-order chi connectivity index (χ0) is 20.3. The van der Waals surface area contributed by atoms with Crippen LogP contribution >= 0.6 is 0 Å². The van der Waals surface area contributed by atoms with Gasteiger partial charge in [0.25, 0.3) is 5.91 Å². The number of sulfonamides is 1. The Labute approximate surface area is 163 Å². The molecule has 0 fully saturated rings. The van der Waals surface area contributed by atoms with Gasteiger partial charge >= 0.3 is 0 Å². The van der Waals surface area contributed by atoms with Gasteiger partial charge < -0.3 is 4.74 Å². The van der Waals surface area contributed by atoms with E-state index >= 15 is 0 Å². The number of benzene rings is 2. The van der Waals surface area contributed by atoms with E-state index < -0.39 is 10.0 Å². The van der Waals surface area contributed by atoms with Crippen molar-refractivity contribution in [3.05, 3.63) is 59.7 Å². The van der Waals surface area contributed by atoms with Gasteiger partial charge in [-0.05, 0) is 55.0 Å². The normalized spacial score (nSPS) is 15.5. The molecule has 0 radical (unpaired) electrons. The van der Waals surface area contributed by atoms with E-state index in [-0.39, 0.29) is 17.4 Å². The Kier molecular flexibility index (Phi) is 5.31. The number of hydrogen-bond acceptors (Lipinski definition) is 5. The molecule has 2 N–H and O–H groups in total. The van der Waals surface area contributed by atoms with Crippen LogP contribution in [0.15, 0.2) is 64.1 Å². The minimum atomic E-state index is -3.80. The lowest BCUT2D eigenvalue weighted by Crippen LogP contribution is -2.21. The van der Waals surface area contributed by atoms with Gasteiger partial charge in [-0.1, -0.05) is 18.1 Å². The molecule has 1 aliphatic rings. The molecule has 1 amide bonds. The second-order valence-electron chi connectivity index (χ2n) is 5.96. The number of terminal acetylenes is 1. The first-order chi connectivity index (χ1) is 13.3. The maximum absolute atomic E-state index is 12.8. The van der Waals surface area contributed by atoms with E-state index in [0.29, 0.717) is 22.7 Å². The lowest BCUT2D eigenvalue weighted by Gasteiger charge is -2.12. The number of nitrogens with zero attached hydrogens (tertiary/aromatic N) is 2. The molecule has 0 unspecified atom stereocenters. The van der Waals surface area contributed by atoms with E-state index in [1.807, 2.05) is 6.07 Å². The van der Waals surface area contributed by atoms with Crippen molar-refractivity contribution in [3.63, 3.8) is 0 Å². The number of amides is 1. The van der Waals surface area contributed by atoms with Gasteiger partial charge in [-0.3, -0.25) is 4.79 Å². The van der Waals surface area contributed by atoms with Gasteiger partial charge in [-0.2, -0.15) is 10.1 Å². The third kappa shape index (κ3) is 4.11. The summed E-state index contributed by atoms with van der Waals surface area (Å²) in [6.07, 6.45) is 6.90. The number of hydrazone groups is 1. The molecule has 0 aliphatic carbocycles. The molecule has 0 bridgehead atoms. The second-order valence-corrected chi connectivity index (χ2v) is 7.53. The Bertz CT molecular complexity index is 1130. The quantitative estimate of drug-likeness (QED) is 0.619. The Morgan fingerprint density at radius 3 is 2.61 bits per heavy atom. The highest BCUT2D eigenvalue weighted by molar-refractivity contribution is 7.89. The lowest BCUT2D eigenvalue weighted by molar-refractivity contribution is -0.114. The molecular formula is C20H17N3O4S. The summed E-state index contributed by atoms with van der Waals surface area (Å²) in [7, 11) is -3.80. The van der Waals surface area contributed by atoms with Gasteiger partial charge in [0.2, 0.25) is 10.0 Å². The van der Waals surface area contributed by atoms with Crippen LogP contribution in [-0.4, -0.2) is 26.6 Å². The van der Waals surface area contributed by atoms with E-state index in [2.05, 4.69) is 11.0 Å². The number of rotatable bonds is 5. The van der Waals surface area contributed by atoms with Crippen molar-refractivity contribution in [2.24, 2.45) is 10.2 Å². The van der Waals surface area contributed by atoms with Crippen LogP contribution in [0.1, 0.15) is 12.5 Å². The van der Waals surface area contributed by atoms with Gasteiger partial charge in [-0.15, -0.1) is 6.42 Å². The summed E-state index contributed by atoms with van der Waals surface area (Å²) >= 11 is 0. The Morgan fingerprint density at radius 1 is 1.25 bits per heavy atom. The van der Waals surface area contributed by atoms with Crippen molar-refractivity contribution >= 4 is 33.4 Å². The van der Waals surface area contributed by atoms with Crippen LogP contribution in [0.2, 0.25) is 0 Å². The molecule has 0 spiro atoms. The summed E-state index contributed by atoms with van der Waals surface area (Å²) < 4.78 is 28.1. The Hall–Kier alpha value is -3.41. The van der Waals surface area contributed by atoms with Crippen molar-refractivity contribution < 1.29 is 17.9 Å². The average molecular weight is 395 g/mol. The van der Waals surface area contributed by atoms with Gasteiger partial charge in [0, 0.05) is 0 Å².